The van der Waals surface area contributed by atoms with Crippen molar-refractivity contribution in [2.24, 2.45) is 17.8 Å². The van der Waals surface area contributed by atoms with Crippen molar-refractivity contribution >= 4 is 0 Å². The standard InChI is InChI=1S/C16H32N2/c1-4-14(3)16-12-18(10-9-17-16)11-15-7-5-13(2)6-8-15/h13-17H,4-12H2,1-3H3. The van der Waals surface area contributed by atoms with Gasteiger partial charge in [0.2, 0.25) is 0 Å². The largest absolute Gasteiger partial charge is 0.311 e. The predicted molar refractivity (Wildman–Crippen MR) is 78.8 cm³/mol. The zero-order valence-corrected chi connectivity index (χ0v) is 12.6. The number of nitrogens with zero attached hydrogens (tertiary/aromatic N) is 1. The lowest BCUT2D eigenvalue weighted by molar-refractivity contribution is 0.129. The van der Waals surface area contributed by atoms with Gasteiger partial charge in [-0.1, -0.05) is 40.0 Å². The highest BCUT2D eigenvalue weighted by atomic mass is 15.2. The molecule has 0 aromatic carbocycles. The molecule has 0 radical (unpaired) electrons. The number of hydrogen-bond donors (Lipinski definition) is 1. The summed E-state index contributed by atoms with van der Waals surface area (Å²) < 4.78 is 0. The molecule has 1 aliphatic carbocycles. The normalized spacial score (nSPS) is 36.5. The van der Waals surface area contributed by atoms with Crippen molar-refractivity contribution in [2.75, 3.05) is 26.2 Å². The Balaban J connectivity index is 1.75. The van der Waals surface area contributed by atoms with Gasteiger partial charge in [-0.3, -0.25) is 0 Å². The fourth-order valence-corrected chi connectivity index (χ4v) is 3.55. The zero-order valence-electron chi connectivity index (χ0n) is 12.6. The Morgan fingerprint density at radius 1 is 1.22 bits per heavy atom. The Morgan fingerprint density at radius 2 is 1.94 bits per heavy atom. The van der Waals surface area contributed by atoms with E-state index in [1.807, 2.05) is 0 Å². The highest BCUT2D eigenvalue weighted by molar-refractivity contribution is 4.83. The molecule has 1 saturated heterocycles. The molecule has 1 saturated carbocycles. The van der Waals surface area contributed by atoms with Gasteiger partial charge in [-0.15, -0.1) is 0 Å². The lowest BCUT2D eigenvalue weighted by Crippen LogP contribution is -2.54. The highest BCUT2D eigenvalue weighted by Crippen LogP contribution is 2.29. The fraction of sp³-hybridized carbons (Fsp3) is 1.00. The Bertz CT molecular complexity index is 233. The third-order valence-electron chi connectivity index (χ3n) is 5.27. The molecular formula is C16H32N2. The van der Waals surface area contributed by atoms with E-state index in [0.29, 0.717) is 0 Å². The van der Waals surface area contributed by atoms with Gasteiger partial charge in [0, 0.05) is 32.2 Å². The van der Waals surface area contributed by atoms with Gasteiger partial charge in [-0.2, -0.15) is 0 Å². The molecule has 2 aliphatic rings. The second kappa shape index (κ2) is 6.91. The molecule has 2 unspecified atom stereocenters. The van der Waals surface area contributed by atoms with E-state index >= 15 is 0 Å². The van der Waals surface area contributed by atoms with Crippen LogP contribution in [0.1, 0.15) is 52.9 Å². The molecule has 2 atom stereocenters. The van der Waals surface area contributed by atoms with Gasteiger partial charge in [-0.25, -0.2) is 0 Å². The SMILES string of the molecule is CCC(C)C1CN(CC2CCC(C)CC2)CCN1. The van der Waals surface area contributed by atoms with Crippen molar-refractivity contribution in [3.8, 4) is 0 Å². The summed E-state index contributed by atoms with van der Waals surface area (Å²) in [7, 11) is 0. The van der Waals surface area contributed by atoms with Crippen molar-refractivity contribution in [3.05, 3.63) is 0 Å². The molecule has 2 rings (SSSR count). The Kier molecular flexibility index (Phi) is 5.50. The minimum Gasteiger partial charge on any atom is -0.311 e. The van der Waals surface area contributed by atoms with Crippen molar-refractivity contribution < 1.29 is 0 Å². The first-order chi connectivity index (χ1) is 8.69. The first-order valence-corrected chi connectivity index (χ1v) is 8.14. The quantitative estimate of drug-likeness (QED) is 0.827. The van der Waals surface area contributed by atoms with E-state index in [-0.39, 0.29) is 0 Å². The van der Waals surface area contributed by atoms with E-state index in [4.69, 9.17) is 0 Å². The topological polar surface area (TPSA) is 15.3 Å². The monoisotopic (exact) mass is 252 g/mol. The van der Waals surface area contributed by atoms with Gasteiger partial charge in [0.15, 0.2) is 0 Å². The lowest BCUT2D eigenvalue weighted by atomic mass is 9.82. The molecule has 0 aromatic heterocycles. The van der Waals surface area contributed by atoms with Crippen LogP contribution in [0.5, 0.6) is 0 Å². The van der Waals surface area contributed by atoms with Crippen molar-refractivity contribution in [1.29, 1.82) is 0 Å². The van der Waals surface area contributed by atoms with Crippen LogP contribution in [0.15, 0.2) is 0 Å². The maximum Gasteiger partial charge on any atom is 0.0221 e. The van der Waals surface area contributed by atoms with Gasteiger partial charge in [-0.05, 0) is 30.6 Å². The summed E-state index contributed by atoms with van der Waals surface area (Å²) in [5.74, 6) is 2.79. The van der Waals surface area contributed by atoms with Crippen LogP contribution in [0.25, 0.3) is 0 Å². The third kappa shape index (κ3) is 3.96. The average molecular weight is 252 g/mol. The van der Waals surface area contributed by atoms with Gasteiger partial charge in [0.25, 0.3) is 0 Å². The van der Waals surface area contributed by atoms with E-state index in [2.05, 4.69) is 31.0 Å². The molecule has 106 valence electrons. The fourth-order valence-electron chi connectivity index (χ4n) is 3.55. The van der Waals surface area contributed by atoms with Crippen molar-refractivity contribution in [3.63, 3.8) is 0 Å². The molecule has 1 N–H and O–H groups in total. The van der Waals surface area contributed by atoms with Crippen LogP contribution >= 0.6 is 0 Å². The van der Waals surface area contributed by atoms with E-state index in [1.165, 1.54) is 58.3 Å². The van der Waals surface area contributed by atoms with Crippen LogP contribution in [0.2, 0.25) is 0 Å². The van der Waals surface area contributed by atoms with Crippen molar-refractivity contribution in [2.45, 2.75) is 58.9 Å². The van der Waals surface area contributed by atoms with Crippen LogP contribution in [-0.2, 0) is 0 Å². The maximum atomic E-state index is 3.70. The molecule has 0 spiro atoms. The third-order valence-corrected chi connectivity index (χ3v) is 5.27. The van der Waals surface area contributed by atoms with Crippen LogP contribution in [0, 0.1) is 17.8 Å². The maximum absolute atomic E-state index is 3.70. The smallest absolute Gasteiger partial charge is 0.0221 e. The van der Waals surface area contributed by atoms with Gasteiger partial charge < -0.3 is 10.2 Å². The van der Waals surface area contributed by atoms with Crippen LogP contribution in [0.4, 0.5) is 0 Å². The van der Waals surface area contributed by atoms with E-state index in [1.54, 1.807) is 0 Å². The first kappa shape index (κ1) is 14.3. The molecular weight excluding hydrogens is 220 g/mol. The highest BCUT2D eigenvalue weighted by Gasteiger charge is 2.26. The molecule has 1 heterocycles. The van der Waals surface area contributed by atoms with Gasteiger partial charge in [0.1, 0.15) is 0 Å². The number of nitrogens with one attached hydrogen (secondary N) is 1. The van der Waals surface area contributed by atoms with Crippen molar-refractivity contribution in [1.82, 2.24) is 10.2 Å². The summed E-state index contributed by atoms with van der Waals surface area (Å²) in [5.41, 5.74) is 0. The van der Waals surface area contributed by atoms with Gasteiger partial charge >= 0.3 is 0 Å². The summed E-state index contributed by atoms with van der Waals surface area (Å²) in [5, 5.41) is 3.70. The lowest BCUT2D eigenvalue weighted by Gasteiger charge is -2.39. The molecule has 2 fully saturated rings. The molecule has 18 heavy (non-hydrogen) atoms. The minimum absolute atomic E-state index is 0.728. The van der Waals surface area contributed by atoms with E-state index in [9.17, 15) is 0 Å². The molecule has 0 amide bonds. The summed E-state index contributed by atoms with van der Waals surface area (Å²) in [6, 6.07) is 0.728. The summed E-state index contributed by atoms with van der Waals surface area (Å²) in [4.78, 5) is 2.73. The predicted octanol–water partition coefficient (Wildman–Crippen LogP) is 3.13. The van der Waals surface area contributed by atoms with Crippen LogP contribution in [0.3, 0.4) is 0 Å². The number of hydrogen-bond acceptors (Lipinski definition) is 2. The molecule has 1 aliphatic heterocycles. The average Bonchev–Trinajstić information content (AvgIpc) is 2.41. The molecule has 2 nitrogen and oxygen atoms in total. The zero-order chi connectivity index (χ0) is 13.0. The molecule has 0 aromatic rings. The van der Waals surface area contributed by atoms with Gasteiger partial charge in [0.05, 0.1) is 0 Å². The Labute approximate surface area is 114 Å². The minimum atomic E-state index is 0.728. The molecule has 2 heteroatoms. The van der Waals surface area contributed by atoms with Crippen LogP contribution < -0.4 is 5.32 Å². The first-order valence-electron chi connectivity index (χ1n) is 8.14. The second-order valence-electron chi connectivity index (χ2n) is 6.83. The van der Waals surface area contributed by atoms with Crippen LogP contribution in [-0.4, -0.2) is 37.1 Å². The van der Waals surface area contributed by atoms with E-state index < -0.39 is 0 Å². The second-order valence-corrected chi connectivity index (χ2v) is 6.83. The summed E-state index contributed by atoms with van der Waals surface area (Å²) in [6.07, 6.45) is 7.17. The number of piperazine rings is 1. The Hall–Kier alpha value is -0.0800. The Morgan fingerprint density at radius 3 is 2.61 bits per heavy atom. The molecule has 0 bridgehead atoms. The summed E-state index contributed by atoms with van der Waals surface area (Å²) in [6.45, 7) is 12.2. The van der Waals surface area contributed by atoms with E-state index in [0.717, 1.165) is 23.8 Å². The number of rotatable bonds is 4. The summed E-state index contributed by atoms with van der Waals surface area (Å²) >= 11 is 0.